The topological polar surface area (TPSA) is 126 Å². The Bertz CT molecular complexity index is 861. The molecule has 31 heavy (non-hydrogen) atoms. The number of nitrogens with zero attached hydrogens (tertiary/aromatic N) is 2. The average Bonchev–Trinajstić information content (AvgIpc) is 2.75. The second-order valence-corrected chi connectivity index (χ2v) is 7.56. The van der Waals surface area contributed by atoms with E-state index in [2.05, 4.69) is 4.98 Å². The highest BCUT2D eigenvalue weighted by Gasteiger charge is 2.35. The number of likely N-dealkylation sites (tertiary alicyclic amines) is 1. The van der Waals surface area contributed by atoms with Crippen LogP contribution in [0.5, 0.6) is 5.75 Å². The number of ether oxygens (including phenoxy) is 1. The molecule has 4 N–H and O–H groups in total. The highest BCUT2D eigenvalue weighted by atomic mass is 16.5. The summed E-state index contributed by atoms with van der Waals surface area (Å²) in [5.41, 5.74) is 6.99. The van der Waals surface area contributed by atoms with Gasteiger partial charge in [-0.1, -0.05) is 12.1 Å². The number of aromatic nitrogens is 1. The first kappa shape index (κ1) is 24.3. The van der Waals surface area contributed by atoms with E-state index < -0.39 is 11.6 Å². The number of carboxylic acids is 1. The maximum atomic E-state index is 12.9. The standard InChI is InChI=1S/C21H27N3O3.C2H4O2/c1-16-5-6-17(14-19(16)27-13-3-9-22)20(25)24-11-7-21(26,8-12-24)18-4-2-10-23-15-18;1-2(3)4/h2,4-6,10,14-15,26H,3,7-9,11-13,22H2,1H3;1H3,(H,3,4). The Kier molecular flexibility index (Phi) is 8.96. The van der Waals surface area contributed by atoms with Crippen LogP contribution in [-0.4, -0.2) is 58.2 Å². The van der Waals surface area contributed by atoms with Crippen molar-refractivity contribution < 1.29 is 24.5 Å². The third kappa shape index (κ3) is 7.04. The molecule has 8 nitrogen and oxygen atoms in total. The third-order valence-electron chi connectivity index (χ3n) is 5.12. The van der Waals surface area contributed by atoms with Gasteiger partial charge in [0.05, 0.1) is 12.2 Å². The van der Waals surface area contributed by atoms with Gasteiger partial charge in [0.25, 0.3) is 11.9 Å². The van der Waals surface area contributed by atoms with Crippen LogP contribution in [0.25, 0.3) is 0 Å². The van der Waals surface area contributed by atoms with Crippen molar-refractivity contribution in [2.45, 2.75) is 38.7 Å². The lowest BCUT2D eigenvalue weighted by Gasteiger charge is -2.38. The fourth-order valence-corrected chi connectivity index (χ4v) is 3.34. The number of hydrogen-bond donors (Lipinski definition) is 3. The molecule has 2 heterocycles. The number of carbonyl (C=O) groups excluding carboxylic acids is 1. The van der Waals surface area contributed by atoms with Gasteiger partial charge in [-0.3, -0.25) is 14.6 Å². The summed E-state index contributed by atoms with van der Waals surface area (Å²) in [7, 11) is 0. The molecule has 3 rings (SSSR count). The van der Waals surface area contributed by atoms with Gasteiger partial charge in [0.2, 0.25) is 0 Å². The van der Waals surface area contributed by atoms with Gasteiger partial charge in [0.15, 0.2) is 0 Å². The van der Waals surface area contributed by atoms with E-state index in [0.717, 1.165) is 30.2 Å². The van der Waals surface area contributed by atoms with E-state index in [9.17, 15) is 9.90 Å². The number of carbonyl (C=O) groups is 2. The van der Waals surface area contributed by atoms with Crippen molar-refractivity contribution >= 4 is 11.9 Å². The quantitative estimate of drug-likeness (QED) is 0.602. The summed E-state index contributed by atoms with van der Waals surface area (Å²) in [6.45, 7) is 5.16. The number of carboxylic acid groups (broad SMARTS) is 1. The van der Waals surface area contributed by atoms with Crippen LogP contribution in [0.15, 0.2) is 42.7 Å². The van der Waals surface area contributed by atoms with Crippen LogP contribution in [-0.2, 0) is 10.4 Å². The molecule has 0 spiro atoms. The number of rotatable bonds is 6. The normalized spacial score (nSPS) is 14.9. The second kappa shape index (κ2) is 11.4. The molecule has 0 radical (unpaired) electrons. The van der Waals surface area contributed by atoms with Crippen molar-refractivity contribution in [1.82, 2.24) is 9.88 Å². The molecule has 0 atom stereocenters. The lowest BCUT2D eigenvalue weighted by Crippen LogP contribution is -2.45. The van der Waals surface area contributed by atoms with Crippen molar-refractivity contribution in [2.75, 3.05) is 26.2 Å². The molecule has 1 saturated heterocycles. The Hall–Kier alpha value is -2.97. The van der Waals surface area contributed by atoms with E-state index in [4.69, 9.17) is 20.4 Å². The van der Waals surface area contributed by atoms with E-state index in [0.29, 0.717) is 44.6 Å². The number of aliphatic carboxylic acids is 1. The minimum atomic E-state index is -0.922. The molecule has 0 saturated carbocycles. The van der Waals surface area contributed by atoms with E-state index >= 15 is 0 Å². The Morgan fingerprint density at radius 2 is 1.94 bits per heavy atom. The maximum absolute atomic E-state index is 12.9. The first-order chi connectivity index (χ1) is 14.8. The summed E-state index contributed by atoms with van der Waals surface area (Å²) >= 11 is 0. The summed E-state index contributed by atoms with van der Waals surface area (Å²) in [6, 6.07) is 9.24. The molecule has 1 aliphatic rings. The van der Waals surface area contributed by atoms with Gasteiger partial charge in [-0.2, -0.15) is 0 Å². The number of hydrogen-bond acceptors (Lipinski definition) is 6. The summed E-state index contributed by atoms with van der Waals surface area (Å²) in [5, 5.41) is 18.3. The van der Waals surface area contributed by atoms with Crippen LogP contribution in [0.1, 0.15) is 47.7 Å². The predicted octanol–water partition coefficient (Wildman–Crippen LogP) is 2.33. The zero-order valence-corrected chi connectivity index (χ0v) is 18.1. The van der Waals surface area contributed by atoms with Crippen LogP contribution in [0.4, 0.5) is 0 Å². The zero-order valence-electron chi connectivity index (χ0n) is 18.1. The van der Waals surface area contributed by atoms with E-state index in [1.54, 1.807) is 23.4 Å². The molecule has 0 bridgehead atoms. The number of piperidine rings is 1. The average molecular weight is 430 g/mol. The SMILES string of the molecule is CC(=O)O.Cc1ccc(C(=O)N2CCC(O)(c3cccnc3)CC2)cc1OCCCN. The smallest absolute Gasteiger partial charge is 0.300 e. The summed E-state index contributed by atoms with van der Waals surface area (Å²) in [5.74, 6) is -0.148. The minimum absolute atomic E-state index is 0.0353. The summed E-state index contributed by atoms with van der Waals surface area (Å²) < 4.78 is 5.75. The van der Waals surface area contributed by atoms with Crippen molar-refractivity contribution in [3.63, 3.8) is 0 Å². The predicted molar refractivity (Wildman–Crippen MR) is 117 cm³/mol. The highest BCUT2D eigenvalue weighted by Crippen LogP contribution is 2.33. The second-order valence-electron chi connectivity index (χ2n) is 7.56. The fourth-order valence-electron chi connectivity index (χ4n) is 3.34. The molecular weight excluding hydrogens is 398 g/mol. The van der Waals surface area contributed by atoms with Gasteiger partial charge in [0, 0.05) is 43.5 Å². The fraction of sp³-hybridized carbons (Fsp3) is 0.435. The molecule has 1 fully saturated rings. The van der Waals surface area contributed by atoms with E-state index in [1.165, 1.54) is 0 Å². The lowest BCUT2D eigenvalue weighted by molar-refractivity contribution is -0.134. The van der Waals surface area contributed by atoms with Crippen molar-refractivity contribution in [1.29, 1.82) is 0 Å². The first-order valence-corrected chi connectivity index (χ1v) is 10.3. The molecule has 168 valence electrons. The van der Waals surface area contributed by atoms with E-state index in [-0.39, 0.29) is 5.91 Å². The van der Waals surface area contributed by atoms with Crippen LogP contribution < -0.4 is 10.5 Å². The molecule has 2 aromatic rings. The Morgan fingerprint density at radius 3 is 2.52 bits per heavy atom. The van der Waals surface area contributed by atoms with Gasteiger partial charge >= 0.3 is 0 Å². The van der Waals surface area contributed by atoms with Gasteiger partial charge in [0.1, 0.15) is 5.75 Å². The lowest BCUT2D eigenvalue weighted by atomic mass is 9.85. The van der Waals surface area contributed by atoms with Crippen LogP contribution >= 0.6 is 0 Å². The summed E-state index contributed by atoms with van der Waals surface area (Å²) in [4.78, 5) is 27.8. The van der Waals surface area contributed by atoms with Crippen LogP contribution in [0, 0.1) is 6.92 Å². The first-order valence-electron chi connectivity index (χ1n) is 10.3. The van der Waals surface area contributed by atoms with Crippen molar-refractivity contribution in [3.05, 3.63) is 59.4 Å². The van der Waals surface area contributed by atoms with Gasteiger partial charge in [-0.05, 0) is 56.5 Å². The van der Waals surface area contributed by atoms with Gasteiger partial charge in [-0.25, -0.2) is 0 Å². The number of nitrogens with two attached hydrogens (primary N) is 1. The van der Waals surface area contributed by atoms with Crippen LogP contribution in [0.3, 0.4) is 0 Å². The number of amides is 1. The molecule has 1 aromatic carbocycles. The maximum Gasteiger partial charge on any atom is 0.300 e. The number of pyridine rings is 1. The molecule has 1 aromatic heterocycles. The monoisotopic (exact) mass is 429 g/mol. The minimum Gasteiger partial charge on any atom is -0.493 e. The Morgan fingerprint density at radius 1 is 1.26 bits per heavy atom. The third-order valence-corrected chi connectivity index (χ3v) is 5.12. The molecule has 1 aliphatic heterocycles. The van der Waals surface area contributed by atoms with Crippen LogP contribution in [0.2, 0.25) is 0 Å². The molecule has 0 aliphatic carbocycles. The van der Waals surface area contributed by atoms with Gasteiger partial charge in [-0.15, -0.1) is 0 Å². The largest absolute Gasteiger partial charge is 0.493 e. The zero-order chi connectivity index (χ0) is 22.9. The molecule has 0 unspecified atom stereocenters. The Labute approximate surface area is 182 Å². The van der Waals surface area contributed by atoms with Gasteiger partial charge < -0.3 is 25.6 Å². The number of benzene rings is 1. The van der Waals surface area contributed by atoms with E-state index in [1.807, 2.05) is 31.2 Å². The Balaban J connectivity index is 0.000000785. The number of aliphatic hydroxyl groups is 1. The molecule has 1 amide bonds. The van der Waals surface area contributed by atoms with Crippen molar-refractivity contribution in [3.8, 4) is 5.75 Å². The highest BCUT2D eigenvalue weighted by molar-refractivity contribution is 5.94. The summed E-state index contributed by atoms with van der Waals surface area (Å²) in [6.07, 6.45) is 5.15. The molecule has 8 heteroatoms. The number of aryl methyl sites for hydroxylation is 1. The molecular formula is C23H31N3O5. The van der Waals surface area contributed by atoms with Crippen molar-refractivity contribution in [2.24, 2.45) is 5.73 Å².